The molecule has 134 valence electrons. The van der Waals surface area contributed by atoms with Crippen LogP contribution >= 0.6 is 11.6 Å². The van der Waals surface area contributed by atoms with Crippen LogP contribution in [0, 0.1) is 0 Å². The lowest BCUT2D eigenvalue weighted by molar-refractivity contribution is -0.137. The van der Waals surface area contributed by atoms with Crippen molar-refractivity contribution in [2.75, 3.05) is 13.6 Å². The van der Waals surface area contributed by atoms with Gasteiger partial charge in [0.2, 0.25) is 0 Å². The summed E-state index contributed by atoms with van der Waals surface area (Å²) in [6.07, 6.45) is 1.58. The molecule has 0 atom stereocenters. The predicted molar refractivity (Wildman–Crippen MR) is 96.9 cm³/mol. The minimum absolute atomic E-state index is 0.114. The fourth-order valence-electron chi connectivity index (χ4n) is 2.30. The molecule has 0 aliphatic heterocycles. The van der Waals surface area contributed by atoms with Crippen molar-refractivity contribution in [3.63, 3.8) is 0 Å². The molecule has 6 nitrogen and oxygen atoms in total. The van der Waals surface area contributed by atoms with E-state index in [4.69, 9.17) is 16.7 Å². The Bertz CT molecular complexity index is 793. The third-order valence-corrected chi connectivity index (χ3v) is 4.10. The summed E-state index contributed by atoms with van der Waals surface area (Å²) in [5.74, 6) is -1.23. The number of hydrogen-bond donors (Lipinski definition) is 1. The molecule has 7 heteroatoms. The Morgan fingerprint density at radius 3 is 2.48 bits per heavy atom. The van der Waals surface area contributed by atoms with E-state index in [0.717, 1.165) is 0 Å². The molecule has 0 unspecified atom stereocenters. The van der Waals surface area contributed by atoms with Gasteiger partial charge in [-0.25, -0.2) is 0 Å². The standard InChI is InChI=1S/C18H22ClN3O3/c1-18(2,3)22-11-13(17(25)21(4)10-9-15(23)24)16(20-22)12-7-5-6-8-14(12)19/h5-8,11H,9-10H2,1-4H3,(H,23,24). The summed E-state index contributed by atoms with van der Waals surface area (Å²) in [5, 5.41) is 13.9. The first kappa shape index (κ1) is 19.0. The van der Waals surface area contributed by atoms with E-state index in [1.807, 2.05) is 39.0 Å². The minimum Gasteiger partial charge on any atom is -0.481 e. The van der Waals surface area contributed by atoms with Crippen molar-refractivity contribution in [1.82, 2.24) is 14.7 Å². The summed E-state index contributed by atoms with van der Waals surface area (Å²) >= 11 is 6.29. The van der Waals surface area contributed by atoms with Gasteiger partial charge in [-0.05, 0) is 26.8 Å². The van der Waals surface area contributed by atoms with Crippen molar-refractivity contribution in [3.8, 4) is 11.3 Å². The average Bonchev–Trinajstić information content (AvgIpc) is 2.97. The smallest absolute Gasteiger partial charge is 0.305 e. The second-order valence-electron chi connectivity index (χ2n) is 6.86. The Morgan fingerprint density at radius 2 is 1.92 bits per heavy atom. The number of carboxylic acid groups (broad SMARTS) is 1. The molecule has 0 spiro atoms. The Balaban J connectivity index is 2.49. The summed E-state index contributed by atoms with van der Waals surface area (Å²) in [4.78, 5) is 25.0. The quantitative estimate of drug-likeness (QED) is 0.882. The predicted octanol–water partition coefficient (Wildman–Crippen LogP) is 3.51. The maximum absolute atomic E-state index is 12.8. The zero-order valence-corrected chi connectivity index (χ0v) is 15.5. The third kappa shape index (κ3) is 4.39. The molecular formula is C18H22ClN3O3. The highest BCUT2D eigenvalue weighted by Gasteiger charge is 2.25. The maximum atomic E-state index is 12.8. The van der Waals surface area contributed by atoms with Crippen LogP contribution in [0.15, 0.2) is 30.5 Å². The number of nitrogens with zero attached hydrogens (tertiary/aromatic N) is 3. The monoisotopic (exact) mass is 363 g/mol. The van der Waals surface area contributed by atoms with Gasteiger partial charge in [-0.3, -0.25) is 14.3 Å². The van der Waals surface area contributed by atoms with Crippen molar-refractivity contribution in [2.24, 2.45) is 0 Å². The summed E-state index contributed by atoms with van der Waals surface area (Å²) in [5.41, 5.74) is 1.25. The molecule has 0 bridgehead atoms. The van der Waals surface area contributed by atoms with Crippen LogP contribution in [0.2, 0.25) is 5.02 Å². The highest BCUT2D eigenvalue weighted by Crippen LogP contribution is 2.31. The first-order chi connectivity index (χ1) is 11.6. The van der Waals surface area contributed by atoms with Gasteiger partial charge < -0.3 is 10.0 Å². The summed E-state index contributed by atoms with van der Waals surface area (Å²) in [6.45, 7) is 6.08. The van der Waals surface area contributed by atoms with Crippen LogP contribution < -0.4 is 0 Å². The fraction of sp³-hybridized carbons (Fsp3) is 0.389. The van der Waals surface area contributed by atoms with E-state index in [1.54, 1.807) is 24.0 Å². The van der Waals surface area contributed by atoms with Gasteiger partial charge in [0, 0.05) is 25.4 Å². The largest absolute Gasteiger partial charge is 0.481 e. The average molecular weight is 364 g/mol. The van der Waals surface area contributed by atoms with Crippen molar-refractivity contribution >= 4 is 23.5 Å². The first-order valence-electron chi connectivity index (χ1n) is 7.93. The van der Waals surface area contributed by atoms with E-state index in [1.165, 1.54) is 4.90 Å². The van der Waals surface area contributed by atoms with Crippen molar-refractivity contribution in [1.29, 1.82) is 0 Å². The van der Waals surface area contributed by atoms with Crippen LogP contribution in [-0.2, 0) is 10.3 Å². The molecule has 0 saturated carbocycles. The Morgan fingerprint density at radius 1 is 1.28 bits per heavy atom. The highest BCUT2D eigenvalue weighted by molar-refractivity contribution is 6.33. The van der Waals surface area contributed by atoms with Crippen LogP contribution in [-0.4, -0.2) is 45.3 Å². The molecule has 0 saturated heterocycles. The topological polar surface area (TPSA) is 75.4 Å². The molecule has 1 aromatic heterocycles. The maximum Gasteiger partial charge on any atom is 0.305 e. The lowest BCUT2D eigenvalue weighted by atomic mass is 10.1. The molecule has 25 heavy (non-hydrogen) atoms. The minimum atomic E-state index is -0.948. The summed E-state index contributed by atoms with van der Waals surface area (Å²) in [7, 11) is 1.58. The number of carboxylic acids is 1. The van der Waals surface area contributed by atoms with Crippen LogP contribution in [0.25, 0.3) is 11.3 Å². The number of amides is 1. The fourth-order valence-corrected chi connectivity index (χ4v) is 2.52. The molecule has 0 aliphatic carbocycles. The van der Waals surface area contributed by atoms with Crippen LogP contribution in [0.1, 0.15) is 37.6 Å². The lowest BCUT2D eigenvalue weighted by Gasteiger charge is -2.19. The number of aromatic nitrogens is 2. The van der Waals surface area contributed by atoms with Gasteiger partial charge in [-0.2, -0.15) is 5.10 Å². The Kier molecular flexibility index (Phi) is 5.52. The van der Waals surface area contributed by atoms with Crippen molar-refractivity contribution in [2.45, 2.75) is 32.7 Å². The van der Waals surface area contributed by atoms with Gasteiger partial charge in [0.15, 0.2) is 0 Å². The van der Waals surface area contributed by atoms with Crippen molar-refractivity contribution < 1.29 is 14.7 Å². The highest BCUT2D eigenvalue weighted by atomic mass is 35.5. The number of halogens is 1. The van der Waals surface area contributed by atoms with Gasteiger partial charge in [0.05, 0.1) is 22.5 Å². The van der Waals surface area contributed by atoms with Gasteiger partial charge in [0.1, 0.15) is 5.69 Å². The van der Waals surface area contributed by atoms with E-state index in [2.05, 4.69) is 5.10 Å². The molecule has 1 aromatic carbocycles. The van der Waals surface area contributed by atoms with E-state index < -0.39 is 5.97 Å². The Labute approximate surface area is 152 Å². The number of hydrogen-bond acceptors (Lipinski definition) is 3. The molecule has 0 fully saturated rings. The first-order valence-corrected chi connectivity index (χ1v) is 8.31. The molecule has 0 aliphatic rings. The number of carbonyl (C=O) groups excluding carboxylic acids is 1. The molecule has 2 rings (SSSR count). The number of rotatable bonds is 5. The molecule has 2 aromatic rings. The molecule has 1 N–H and O–H groups in total. The van der Waals surface area contributed by atoms with E-state index in [0.29, 0.717) is 21.8 Å². The lowest BCUT2D eigenvalue weighted by Crippen LogP contribution is -2.29. The van der Waals surface area contributed by atoms with Crippen molar-refractivity contribution in [3.05, 3.63) is 41.0 Å². The van der Waals surface area contributed by atoms with E-state index in [9.17, 15) is 9.59 Å². The molecule has 1 heterocycles. The summed E-state index contributed by atoms with van der Waals surface area (Å²) in [6, 6.07) is 7.20. The zero-order chi connectivity index (χ0) is 18.8. The normalized spacial score (nSPS) is 11.4. The number of carbonyl (C=O) groups is 2. The van der Waals surface area contributed by atoms with Crippen LogP contribution in [0.5, 0.6) is 0 Å². The van der Waals surface area contributed by atoms with E-state index in [-0.39, 0.29) is 24.4 Å². The van der Waals surface area contributed by atoms with E-state index >= 15 is 0 Å². The molecule has 1 amide bonds. The third-order valence-electron chi connectivity index (χ3n) is 3.77. The number of aliphatic carboxylic acids is 1. The van der Waals surface area contributed by atoms with Gasteiger partial charge in [0.25, 0.3) is 5.91 Å². The SMILES string of the molecule is CN(CCC(=O)O)C(=O)c1cn(C(C)(C)C)nc1-c1ccccc1Cl. The molecular weight excluding hydrogens is 342 g/mol. The number of benzene rings is 1. The van der Waals surface area contributed by atoms with Crippen LogP contribution in [0.4, 0.5) is 0 Å². The van der Waals surface area contributed by atoms with Gasteiger partial charge >= 0.3 is 5.97 Å². The summed E-state index contributed by atoms with van der Waals surface area (Å²) < 4.78 is 1.73. The zero-order valence-electron chi connectivity index (χ0n) is 14.8. The van der Waals surface area contributed by atoms with Crippen LogP contribution in [0.3, 0.4) is 0 Å². The molecule has 0 radical (unpaired) electrons. The second kappa shape index (κ2) is 7.27. The van der Waals surface area contributed by atoms with Gasteiger partial charge in [-0.15, -0.1) is 0 Å². The Hall–Kier alpha value is -2.34. The van der Waals surface area contributed by atoms with Gasteiger partial charge in [-0.1, -0.05) is 29.8 Å². The second-order valence-corrected chi connectivity index (χ2v) is 7.26.